The maximum Gasteiger partial charge on any atom is 0.250 e. The third kappa shape index (κ3) is 3.70. The minimum absolute atomic E-state index is 0.352. The highest BCUT2D eigenvalue weighted by molar-refractivity contribution is 6.07. The molecular weight excluding hydrogens is 400 g/mol. The van der Waals surface area contributed by atoms with Gasteiger partial charge in [0.15, 0.2) is 0 Å². The molecule has 1 fully saturated rings. The van der Waals surface area contributed by atoms with E-state index in [9.17, 15) is 4.79 Å². The summed E-state index contributed by atoms with van der Waals surface area (Å²) in [6.07, 6.45) is 9.80. The summed E-state index contributed by atoms with van der Waals surface area (Å²) in [5.41, 5.74) is 11.0. The van der Waals surface area contributed by atoms with E-state index < -0.39 is 0 Å². The molecule has 0 atom stereocenters. The van der Waals surface area contributed by atoms with Crippen molar-refractivity contribution in [1.82, 2.24) is 9.55 Å². The van der Waals surface area contributed by atoms with Crippen LogP contribution in [-0.2, 0) is 13.0 Å². The van der Waals surface area contributed by atoms with Gasteiger partial charge in [0.05, 0.1) is 23.9 Å². The van der Waals surface area contributed by atoms with Crippen LogP contribution in [-0.4, -0.2) is 35.7 Å². The van der Waals surface area contributed by atoms with Crippen molar-refractivity contribution in [2.45, 2.75) is 38.6 Å². The number of aromatic amines is 1. The molecule has 2 aromatic carbocycles. The number of amides is 1. The number of methoxy groups -OCH3 is 1. The fraction of sp³-hybridized carbons (Fsp3) is 0.346. The van der Waals surface area contributed by atoms with Crippen LogP contribution in [0.25, 0.3) is 21.8 Å². The van der Waals surface area contributed by atoms with E-state index in [1.807, 2.05) is 18.2 Å². The lowest BCUT2D eigenvalue weighted by atomic mass is 10.0. The SMILES string of the molecule is COc1ccc2[nH]cc(CCCn3ccc4c(N5CCCCC5)c(C(N)=O)ccc43)c2c1. The third-order valence-electron chi connectivity index (χ3n) is 6.68. The highest BCUT2D eigenvalue weighted by Gasteiger charge is 2.21. The summed E-state index contributed by atoms with van der Waals surface area (Å²) in [5.74, 6) is 0.528. The zero-order valence-corrected chi connectivity index (χ0v) is 18.6. The Morgan fingerprint density at radius 3 is 2.72 bits per heavy atom. The zero-order valence-electron chi connectivity index (χ0n) is 18.6. The van der Waals surface area contributed by atoms with E-state index in [0.717, 1.165) is 73.2 Å². The molecule has 3 N–H and O–H groups in total. The van der Waals surface area contributed by atoms with E-state index in [4.69, 9.17) is 10.5 Å². The van der Waals surface area contributed by atoms with Gasteiger partial charge >= 0.3 is 0 Å². The summed E-state index contributed by atoms with van der Waals surface area (Å²) < 4.78 is 7.69. The number of carbonyl (C=O) groups is 1. The van der Waals surface area contributed by atoms with Crippen LogP contribution < -0.4 is 15.4 Å². The van der Waals surface area contributed by atoms with Crippen LogP contribution >= 0.6 is 0 Å². The molecule has 32 heavy (non-hydrogen) atoms. The lowest BCUT2D eigenvalue weighted by Crippen LogP contribution is -2.31. The minimum atomic E-state index is -0.352. The number of benzene rings is 2. The molecule has 0 spiro atoms. The molecule has 0 saturated carbocycles. The Balaban J connectivity index is 1.39. The number of hydrogen-bond donors (Lipinski definition) is 2. The maximum atomic E-state index is 12.1. The van der Waals surface area contributed by atoms with Gasteiger partial charge in [0.25, 0.3) is 5.91 Å². The zero-order chi connectivity index (χ0) is 22.1. The molecule has 6 nitrogen and oxygen atoms in total. The van der Waals surface area contributed by atoms with Gasteiger partial charge in [-0.3, -0.25) is 4.79 Å². The molecule has 2 aromatic heterocycles. The molecule has 4 aromatic rings. The number of primary amides is 1. The largest absolute Gasteiger partial charge is 0.497 e. The van der Waals surface area contributed by atoms with Crippen molar-refractivity contribution in [2.24, 2.45) is 5.73 Å². The van der Waals surface area contributed by atoms with E-state index in [0.29, 0.717) is 5.56 Å². The number of hydrogen-bond acceptors (Lipinski definition) is 3. The molecule has 1 aliphatic rings. The number of nitrogens with one attached hydrogen (secondary N) is 1. The highest BCUT2D eigenvalue weighted by Crippen LogP contribution is 2.34. The van der Waals surface area contributed by atoms with Crippen molar-refractivity contribution in [3.63, 3.8) is 0 Å². The van der Waals surface area contributed by atoms with Crippen molar-refractivity contribution >= 4 is 33.4 Å². The lowest BCUT2D eigenvalue weighted by molar-refractivity contribution is 0.100. The van der Waals surface area contributed by atoms with Crippen LogP contribution in [0.3, 0.4) is 0 Å². The normalized spacial score (nSPS) is 14.3. The van der Waals surface area contributed by atoms with Gasteiger partial charge in [-0.2, -0.15) is 0 Å². The van der Waals surface area contributed by atoms with Crippen molar-refractivity contribution < 1.29 is 9.53 Å². The monoisotopic (exact) mass is 430 g/mol. The topological polar surface area (TPSA) is 76.3 Å². The Labute approximate surface area is 187 Å². The van der Waals surface area contributed by atoms with Gasteiger partial charge in [-0.05, 0) is 74.1 Å². The molecule has 6 heteroatoms. The molecule has 0 radical (unpaired) electrons. The Morgan fingerprint density at radius 2 is 1.94 bits per heavy atom. The van der Waals surface area contributed by atoms with Crippen LogP contribution in [0.1, 0.15) is 41.6 Å². The van der Waals surface area contributed by atoms with E-state index in [1.54, 1.807) is 7.11 Å². The summed E-state index contributed by atoms with van der Waals surface area (Å²) in [4.78, 5) is 17.9. The molecule has 166 valence electrons. The number of H-pyrrole nitrogens is 1. The number of rotatable bonds is 7. The summed E-state index contributed by atoms with van der Waals surface area (Å²) in [6.45, 7) is 2.87. The number of anilines is 1. The predicted molar refractivity (Wildman–Crippen MR) is 130 cm³/mol. The fourth-order valence-corrected chi connectivity index (χ4v) is 5.04. The number of ether oxygens (including phenoxy) is 1. The molecule has 1 saturated heterocycles. The molecule has 3 heterocycles. The Morgan fingerprint density at radius 1 is 1.09 bits per heavy atom. The standard InChI is InChI=1S/C26H30N4O2/c1-32-19-7-9-23-22(16-19)18(17-28-23)6-5-14-29-15-11-20-24(29)10-8-21(26(27)31)25(20)30-12-3-2-4-13-30/h7-11,15-17,28H,2-6,12-14H2,1H3,(H2,27,31). The Hall–Kier alpha value is -3.41. The molecule has 0 aliphatic carbocycles. The van der Waals surface area contributed by atoms with Gasteiger partial charge in [-0.25, -0.2) is 0 Å². The van der Waals surface area contributed by atoms with Gasteiger partial charge in [0.2, 0.25) is 0 Å². The number of nitrogens with two attached hydrogens (primary N) is 1. The van der Waals surface area contributed by atoms with Crippen LogP contribution in [0.4, 0.5) is 5.69 Å². The Kier molecular flexibility index (Phi) is 5.52. The first kappa shape index (κ1) is 20.5. The van der Waals surface area contributed by atoms with Crippen molar-refractivity contribution in [1.29, 1.82) is 0 Å². The van der Waals surface area contributed by atoms with Crippen LogP contribution in [0.5, 0.6) is 5.75 Å². The fourth-order valence-electron chi connectivity index (χ4n) is 5.04. The highest BCUT2D eigenvalue weighted by atomic mass is 16.5. The van der Waals surface area contributed by atoms with E-state index in [-0.39, 0.29) is 5.91 Å². The first-order chi connectivity index (χ1) is 15.7. The summed E-state index contributed by atoms with van der Waals surface area (Å²) in [5, 5.41) is 2.35. The number of aryl methyl sites for hydroxylation is 2. The number of fused-ring (bicyclic) bond motifs is 2. The van der Waals surface area contributed by atoms with Gasteiger partial charge in [-0.1, -0.05) is 0 Å². The Bertz CT molecular complexity index is 1260. The maximum absolute atomic E-state index is 12.1. The summed E-state index contributed by atoms with van der Waals surface area (Å²) in [7, 11) is 1.70. The first-order valence-corrected chi connectivity index (χ1v) is 11.5. The quantitative estimate of drug-likeness (QED) is 0.440. The molecule has 0 unspecified atom stereocenters. The van der Waals surface area contributed by atoms with Crippen molar-refractivity contribution in [2.75, 3.05) is 25.1 Å². The van der Waals surface area contributed by atoms with Gasteiger partial charge in [-0.15, -0.1) is 0 Å². The van der Waals surface area contributed by atoms with Gasteiger partial charge in [0.1, 0.15) is 5.75 Å². The molecule has 0 bridgehead atoms. The van der Waals surface area contributed by atoms with Gasteiger partial charge in [0, 0.05) is 48.3 Å². The number of aromatic nitrogens is 2. The van der Waals surface area contributed by atoms with Crippen LogP contribution in [0.15, 0.2) is 48.8 Å². The van der Waals surface area contributed by atoms with E-state index >= 15 is 0 Å². The number of nitrogens with zero attached hydrogens (tertiary/aromatic N) is 2. The second-order valence-corrected chi connectivity index (χ2v) is 8.64. The molecule has 1 aliphatic heterocycles. The second-order valence-electron chi connectivity index (χ2n) is 8.64. The molecule has 5 rings (SSSR count). The third-order valence-corrected chi connectivity index (χ3v) is 6.68. The second kappa shape index (κ2) is 8.61. The molecule has 1 amide bonds. The van der Waals surface area contributed by atoms with E-state index in [2.05, 4.69) is 45.0 Å². The average Bonchev–Trinajstić information content (AvgIpc) is 3.42. The van der Waals surface area contributed by atoms with Crippen LogP contribution in [0, 0.1) is 0 Å². The predicted octanol–water partition coefficient (Wildman–Crippen LogP) is 4.85. The minimum Gasteiger partial charge on any atom is -0.497 e. The summed E-state index contributed by atoms with van der Waals surface area (Å²) >= 11 is 0. The average molecular weight is 431 g/mol. The van der Waals surface area contributed by atoms with Gasteiger partial charge < -0.3 is 24.9 Å². The van der Waals surface area contributed by atoms with E-state index in [1.165, 1.54) is 17.4 Å². The number of piperidine rings is 1. The first-order valence-electron chi connectivity index (χ1n) is 11.5. The van der Waals surface area contributed by atoms with Crippen molar-refractivity contribution in [3.05, 3.63) is 59.9 Å². The van der Waals surface area contributed by atoms with Crippen LogP contribution in [0.2, 0.25) is 0 Å². The van der Waals surface area contributed by atoms with Crippen molar-refractivity contribution in [3.8, 4) is 5.75 Å². The summed E-state index contributed by atoms with van der Waals surface area (Å²) in [6, 6.07) is 12.2. The smallest absolute Gasteiger partial charge is 0.250 e. The lowest BCUT2D eigenvalue weighted by Gasteiger charge is -2.30. The number of carbonyl (C=O) groups excluding carboxylic acids is 1. The molecular formula is C26H30N4O2.